The minimum absolute atomic E-state index is 0.432. The van der Waals surface area contributed by atoms with Crippen LogP contribution in [0.3, 0.4) is 0 Å². The predicted octanol–water partition coefficient (Wildman–Crippen LogP) is 3.30. The number of hydrogen-bond donors (Lipinski definition) is 2. The van der Waals surface area contributed by atoms with Crippen molar-refractivity contribution in [3.05, 3.63) is 54.2 Å². The van der Waals surface area contributed by atoms with Gasteiger partial charge in [-0.3, -0.25) is 0 Å². The fourth-order valence-corrected chi connectivity index (χ4v) is 2.71. The summed E-state index contributed by atoms with van der Waals surface area (Å²) in [4.78, 5) is 4.45. The molecule has 1 aromatic heterocycles. The van der Waals surface area contributed by atoms with Gasteiger partial charge in [-0.15, -0.1) is 5.10 Å². The number of methoxy groups -OCH3 is 3. The van der Waals surface area contributed by atoms with E-state index in [2.05, 4.69) is 25.8 Å². The molecule has 2 N–H and O–H groups in total. The summed E-state index contributed by atoms with van der Waals surface area (Å²) in [5.41, 5.74) is 1.84. The zero-order chi connectivity index (χ0) is 19.8. The molecule has 0 aliphatic rings. The Morgan fingerprint density at radius 1 is 0.929 bits per heavy atom. The van der Waals surface area contributed by atoms with Crippen LogP contribution in [-0.2, 0) is 6.42 Å². The highest BCUT2D eigenvalue weighted by Gasteiger charge is 2.08. The lowest BCUT2D eigenvalue weighted by atomic mass is 10.1. The van der Waals surface area contributed by atoms with Crippen LogP contribution in [0, 0.1) is 0 Å². The van der Waals surface area contributed by atoms with Crippen LogP contribution in [0.4, 0.5) is 17.5 Å². The van der Waals surface area contributed by atoms with Gasteiger partial charge in [0.05, 0.1) is 33.2 Å². The first-order valence-corrected chi connectivity index (χ1v) is 8.78. The van der Waals surface area contributed by atoms with Gasteiger partial charge in [-0.25, -0.2) is 0 Å². The van der Waals surface area contributed by atoms with Gasteiger partial charge in [0, 0.05) is 12.6 Å². The molecule has 0 fully saturated rings. The zero-order valence-electron chi connectivity index (χ0n) is 16.1. The molecule has 0 radical (unpaired) electrons. The Kier molecular flexibility index (Phi) is 6.46. The number of nitrogens with one attached hydrogen (secondary N) is 2. The van der Waals surface area contributed by atoms with Crippen LogP contribution in [0.15, 0.2) is 48.7 Å². The number of benzene rings is 2. The molecule has 0 aliphatic heterocycles. The maximum atomic E-state index is 5.37. The van der Waals surface area contributed by atoms with Crippen molar-refractivity contribution >= 4 is 17.5 Å². The summed E-state index contributed by atoms with van der Waals surface area (Å²) >= 11 is 0. The monoisotopic (exact) mass is 381 g/mol. The van der Waals surface area contributed by atoms with E-state index in [0.717, 1.165) is 23.4 Å². The summed E-state index contributed by atoms with van der Waals surface area (Å²) in [7, 11) is 4.89. The van der Waals surface area contributed by atoms with Crippen LogP contribution < -0.4 is 24.8 Å². The van der Waals surface area contributed by atoms with Crippen molar-refractivity contribution in [1.29, 1.82) is 0 Å². The Morgan fingerprint density at radius 2 is 1.75 bits per heavy atom. The fraction of sp³-hybridized carbons (Fsp3) is 0.250. The molecule has 0 saturated heterocycles. The van der Waals surface area contributed by atoms with E-state index in [1.165, 1.54) is 0 Å². The molecule has 0 atom stereocenters. The molecule has 0 unspecified atom stereocenters. The van der Waals surface area contributed by atoms with Crippen molar-refractivity contribution in [2.75, 3.05) is 38.5 Å². The number of hydrogen-bond acceptors (Lipinski definition) is 8. The summed E-state index contributed by atoms with van der Waals surface area (Å²) in [6, 6.07) is 13.4. The minimum Gasteiger partial charge on any atom is -0.497 e. The largest absolute Gasteiger partial charge is 0.497 e. The van der Waals surface area contributed by atoms with Crippen LogP contribution in [0.2, 0.25) is 0 Å². The third kappa shape index (κ3) is 4.79. The SMILES string of the molecule is COc1ccc(OC)c(Nc2cnnc(NCCc3ccccc3OC)n2)c1. The molecule has 146 valence electrons. The van der Waals surface area contributed by atoms with Crippen molar-refractivity contribution in [2.45, 2.75) is 6.42 Å². The Hall–Kier alpha value is -3.55. The molecular weight excluding hydrogens is 358 g/mol. The highest BCUT2D eigenvalue weighted by molar-refractivity contribution is 5.66. The number of anilines is 3. The standard InChI is InChI=1S/C20H23N5O3/c1-26-15-8-9-18(28-3)16(12-15)23-19-13-22-25-20(24-19)21-11-10-14-6-4-5-7-17(14)27-2/h4-9,12-13H,10-11H2,1-3H3,(H2,21,23,24,25). The van der Waals surface area contributed by atoms with Crippen molar-refractivity contribution in [3.63, 3.8) is 0 Å². The lowest BCUT2D eigenvalue weighted by Gasteiger charge is -2.12. The van der Waals surface area contributed by atoms with Crippen molar-refractivity contribution in [3.8, 4) is 17.2 Å². The first kappa shape index (κ1) is 19.2. The summed E-state index contributed by atoms with van der Waals surface area (Å²) in [5.74, 6) is 3.22. The second-order valence-electron chi connectivity index (χ2n) is 5.85. The van der Waals surface area contributed by atoms with Crippen LogP contribution in [-0.4, -0.2) is 43.1 Å². The Bertz CT molecular complexity index is 920. The zero-order valence-corrected chi connectivity index (χ0v) is 16.1. The summed E-state index contributed by atoms with van der Waals surface area (Å²) in [5, 5.41) is 14.4. The van der Waals surface area contributed by atoms with E-state index >= 15 is 0 Å². The average molecular weight is 381 g/mol. The highest BCUT2D eigenvalue weighted by atomic mass is 16.5. The van der Waals surface area contributed by atoms with Gasteiger partial charge in [-0.2, -0.15) is 10.1 Å². The Balaban J connectivity index is 1.66. The van der Waals surface area contributed by atoms with E-state index in [-0.39, 0.29) is 0 Å². The number of rotatable bonds is 9. The van der Waals surface area contributed by atoms with E-state index < -0.39 is 0 Å². The third-order valence-electron chi connectivity index (χ3n) is 4.10. The third-order valence-corrected chi connectivity index (χ3v) is 4.10. The molecule has 0 saturated carbocycles. The van der Waals surface area contributed by atoms with Gasteiger partial charge in [-0.1, -0.05) is 18.2 Å². The molecule has 0 aliphatic carbocycles. The Labute approximate surface area is 163 Å². The fourth-order valence-electron chi connectivity index (χ4n) is 2.71. The second kappa shape index (κ2) is 9.40. The average Bonchev–Trinajstić information content (AvgIpc) is 2.74. The van der Waals surface area contributed by atoms with Crippen LogP contribution in [0.25, 0.3) is 0 Å². The lowest BCUT2D eigenvalue weighted by Crippen LogP contribution is -2.10. The predicted molar refractivity (Wildman–Crippen MR) is 108 cm³/mol. The van der Waals surface area contributed by atoms with Crippen LogP contribution in [0.1, 0.15) is 5.56 Å². The van der Waals surface area contributed by atoms with Crippen LogP contribution in [0.5, 0.6) is 17.2 Å². The normalized spacial score (nSPS) is 10.2. The van der Waals surface area contributed by atoms with Gasteiger partial charge in [0.15, 0.2) is 5.82 Å². The molecule has 3 aromatic rings. The molecule has 28 heavy (non-hydrogen) atoms. The van der Waals surface area contributed by atoms with E-state index in [0.29, 0.717) is 29.8 Å². The quantitative estimate of drug-likeness (QED) is 0.583. The maximum absolute atomic E-state index is 5.37. The number of nitrogens with zero attached hydrogens (tertiary/aromatic N) is 3. The lowest BCUT2D eigenvalue weighted by molar-refractivity contribution is 0.405. The van der Waals surface area contributed by atoms with Gasteiger partial charge in [0.1, 0.15) is 17.2 Å². The van der Waals surface area contributed by atoms with Gasteiger partial charge >= 0.3 is 0 Å². The molecule has 0 spiro atoms. The molecular formula is C20H23N5O3. The van der Waals surface area contributed by atoms with Crippen molar-refractivity contribution in [1.82, 2.24) is 15.2 Å². The van der Waals surface area contributed by atoms with Gasteiger partial charge in [0.2, 0.25) is 5.95 Å². The van der Waals surface area contributed by atoms with E-state index in [9.17, 15) is 0 Å². The van der Waals surface area contributed by atoms with Crippen molar-refractivity contribution < 1.29 is 14.2 Å². The molecule has 0 bridgehead atoms. The van der Waals surface area contributed by atoms with E-state index in [4.69, 9.17) is 14.2 Å². The summed E-state index contributed by atoms with van der Waals surface area (Å²) in [6.45, 7) is 0.647. The number of ether oxygens (including phenoxy) is 3. The first-order valence-electron chi connectivity index (χ1n) is 8.78. The molecule has 3 rings (SSSR count). The molecule has 2 aromatic carbocycles. The number of aromatic nitrogens is 3. The first-order chi connectivity index (χ1) is 13.7. The minimum atomic E-state index is 0.432. The number of para-hydroxylation sites is 1. The molecule has 0 amide bonds. The maximum Gasteiger partial charge on any atom is 0.244 e. The van der Waals surface area contributed by atoms with E-state index in [1.807, 2.05) is 42.5 Å². The smallest absolute Gasteiger partial charge is 0.244 e. The highest BCUT2D eigenvalue weighted by Crippen LogP contribution is 2.30. The summed E-state index contributed by atoms with van der Waals surface area (Å²) in [6.07, 6.45) is 2.32. The van der Waals surface area contributed by atoms with Crippen LogP contribution >= 0.6 is 0 Å². The van der Waals surface area contributed by atoms with Gasteiger partial charge < -0.3 is 24.8 Å². The van der Waals surface area contributed by atoms with E-state index in [1.54, 1.807) is 27.5 Å². The molecule has 1 heterocycles. The summed E-state index contributed by atoms with van der Waals surface area (Å²) < 4.78 is 16.0. The molecule has 8 nitrogen and oxygen atoms in total. The van der Waals surface area contributed by atoms with Gasteiger partial charge in [-0.05, 0) is 30.2 Å². The molecule has 8 heteroatoms. The second-order valence-corrected chi connectivity index (χ2v) is 5.85. The van der Waals surface area contributed by atoms with Crippen molar-refractivity contribution in [2.24, 2.45) is 0 Å². The topological polar surface area (TPSA) is 90.4 Å². The Morgan fingerprint density at radius 3 is 2.54 bits per heavy atom. The van der Waals surface area contributed by atoms with Gasteiger partial charge in [0.25, 0.3) is 0 Å².